The Morgan fingerprint density at radius 1 is 1.30 bits per heavy atom. The molecule has 0 saturated carbocycles. The van der Waals surface area contributed by atoms with Crippen LogP contribution in [0.1, 0.15) is 27.0 Å². The van der Waals surface area contributed by atoms with E-state index in [1.165, 1.54) is 6.92 Å². The van der Waals surface area contributed by atoms with Crippen molar-refractivity contribution in [2.45, 2.75) is 45.3 Å². The Morgan fingerprint density at radius 2 is 1.87 bits per heavy atom. The molecule has 1 fully saturated rings. The second-order valence-electron chi connectivity index (χ2n) is 5.04. The molecule has 10 heteroatoms. The summed E-state index contributed by atoms with van der Waals surface area (Å²) in [6.07, 6.45) is -3.17. The van der Waals surface area contributed by atoms with Gasteiger partial charge in [-0.05, 0) is 6.92 Å². The Labute approximate surface area is 130 Å². The molecule has 23 heavy (non-hydrogen) atoms. The molecule has 0 aromatic carbocycles. The van der Waals surface area contributed by atoms with Gasteiger partial charge in [0.05, 0.1) is 12.3 Å². The molecule has 2 rings (SSSR count). The lowest BCUT2D eigenvalue weighted by atomic mass is 10.1. The average Bonchev–Trinajstić information content (AvgIpc) is 2.70. The van der Waals surface area contributed by atoms with Crippen molar-refractivity contribution in [3.63, 3.8) is 0 Å². The van der Waals surface area contributed by atoms with Gasteiger partial charge in [-0.2, -0.15) is 4.98 Å². The maximum absolute atomic E-state index is 13.6. The second-order valence-corrected chi connectivity index (χ2v) is 5.04. The molecule has 1 aliphatic rings. The number of nitrogens with zero attached hydrogens (tertiary/aromatic N) is 2. The molecule has 2 heterocycles. The largest absolute Gasteiger partial charge is 0.456 e. The first kappa shape index (κ1) is 16.9. The molecule has 0 amide bonds. The van der Waals surface area contributed by atoms with Crippen LogP contribution < -0.4 is 11.4 Å². The minimum atomic E-state index is -1.20. The fourth-order valence-electron chi connectivity index (χ4n) is 2.34. The number of aromatic nitrogens is 2. The van der Waals surface area contributed by atoms with E-state index < -0.39 is 53.8 Å². The van der Waals surface area contributed by atoms with Crippen LogP contribution in [0.25, 0.3) is 0 Å². The minimum absolute atomic E-state index is 0.558. The van der Waals surface area contributed by atoms with Crippen LogP contribution in [0.2, 0.25) is 0 Å². The SMILES string of the molecule is CC(=O)O[C@@H]1[C@@H](OC(C)=O)[C@H](n2cc(F)c(N)nc2=O)O[C@H]1C. The highest BCUT2D eigenvalue weighted by atomic mass is 19.1. The van der Waals surface area contributed by atoms with Crippen molar-refractivity contribution >= 4 is 17.8 Å². The lowest BCUT2D eigenvalue weighted by molar-refractivity contribution is -0.165. The molecule has 1 saturated heterocycles. The third-order valence-electron chi connectivity index (χ3n) is 3.23. The van der Waals surface area contributed by atoms with Gasteiger partial charge in [0, 0.05) is 13.8 Å². The normalized spacial score (nSPS) is 26.8. The standard InChI is InChI=1S/C13H16FN3O6/c1-5-9(22-6(2)18)10(23-7(3)19)12(21-5)17-4-8(14)11(15)16-13(17)20/h4-5,9-10,12H,1-3H3,(H2,15,16,20)/t5-,9-,10+,12+/m0/s1. The van der Waals surface area contributed by atoms with E-state index in [4.69, 9.17) is 19.9 Å². The predicted molar refractivity (Wildman–Crippen MR) is 73.6 cm³/mol. The molecule has 1 aromatic rings. The zero-order valence-electron chi connectivity index (χ0n) is 12.7. The number of halogens is 1. The zero-order chi connectivity index (χ0) is 17.3. The van der Waals surface area contributed by atoms with Gasteiger partial charge in [0.25, 0.3) is 0 Å². The van der Waals surface area contributed by atoms with Gasteiger partial charge in [-0.15, -0.1) is 0 Å². The van der Waals surface area contributed by atoms with Crippen molar-refractivity contribution < 1.29 is 28.2 Å². The van der Waals surface area contributed by atoms with E-state index in [0.29, 0.717) is 0 Å². The molecule has 126 valence electrons. The summed E-state index contributed by atoms with van der Waals surface area (Å²) < 4.78 is 30.1. The first-order valence-corrected chi connectivity index (χ1v) is 6.74. The topological polar surface area (TPSA) is 123 Å². The highest BCUT2D eigenvalue weighted by molar-refractivity contribution is 5.67. The number of carbonyl (C=O) groups is 2. The van der Waals surface area contributed by atoms with Crippen LogP contribution in [-0.4, -0.2) is 39.8 Å². The van der Waals surface area contributed by atoms with Crippen molar-refractivity contribution in [3.05, 3.63) is 22.5 Å². The highest BCUT2D eigenvalue weighted by Crippen LogP contribution is 2.33. The second kappa shape index (κ2) is 6.32. The van der Waals surface area contributed by atoms with Gasteiger partial charge in [-0.25, -0.2) is 9.18 Å². The fourth-order valence-corrected chi connectivity index (χ4v) is 2.34. The van der Waals surface area contributed by atoms with Crippen LogP contribution in [0.3, 0.4) is 0 Å². The summed E-state index contributed by atoms with van der Waals surface area (Å²) >= 11 is 0. The Bertz CT molecular complexity index is 691. The first-order valence-electron chi connectivity index (χ1n) is 6.74. The summed E-state index contributed by atoms with van der Waals surface area (Å²) in [6.45, 7) is 3.90. The maximum Gasteiger partial charge on any atom is 0.351 e. The number of carbonyl (C=O) groups excluding carboxylic acids is 2. The minimum Gasteiger partial charge on any atom is -0.456 e. The number of rotatable bonds is 3. The Balaban J connectivity index is 2.43. The van der Waals surface area contributed by atoms with Crippen LogP contribution in [0, 0.1) is 5.82 Å². The van der Waals surface area contributed by atoms with Gasteiger partial charge in [0.15, 0.2) is 30.1 Å². The predicted octanol–water partition coefficient (Wildman–Crippen LogP) is -0.255. The molecule has 0 radical (unpaired) electrons. The Morgan fingerprint density at radius 3 is 2.43 bits per heavy atom. The maximum atomic E-state index is 13.6. The number of nitrogens with two attached hydrogens (primary N) is 1. The quantitative estimate of drug-likeness (QED) is 0.753. The van der Waals surface area contributed by atoms with Crippen LogP contribution in [0.15, 0.2) is 11.0 Å². The number of esters is 2. The van der Waals surface area contributed by atoms with Crippen molar-refractivity contribution in [3.8, 4) is 0 Å². The number of hydrogen-bond acceptors (Lipinski definition) is 8. The smallest absolute Gasteiger partial charge is 0.351 e. The molecule has 4 atom stereocenters. The summed E-state index contributed by atoms with van der Waals surface area (Å²) in [5.74, 6) is -2.78. The number of hydrogen-bond donors (Lipinski definition) is 1. The fraction of sp³-hybridized carbons (Fsp3) is 0.538. The number of ether oxygens (including phenoxy) is 3. The molecular weight excluding hydrogens is 313 g/mol. The Kier molecular flexibility index (Phi) is 4.64. The van der Waals surface area contributed by atoms with Gasteiger partial charge in [-0.1, -0.05) is 0 Å². The molecule has 0 bridgehead atoms. The van der Waals surface area contributed by atoms with Crippen LogP contribution in [0.5, 0.6) is 0 Å². The summed E-state index contributed by atoms with van der Waals surface area (Å²) in [4.78, 5) is 37.8. The van der Waals surface area contributed by atoms with Gasteiger partial charge < -0.3 is 19.9 Å². The molecule has 0 unspecified atom stereocenters. The summed E-state index contributed by atoms with van der Waals surface area (Å²) in [5, 5.41) is 0. The van der Waals surface area contributed by atoms with Crippen LogP contribution >= 0.6 is 0 Å². The van der Waals surface area contributed by atoms with Crippen molar-refractivity contribution in [2.75, 3.05) is 5.73 Å². The third kappa shape index (κ3) is 3.47. The van der Waals surface area contributed by atoms with E-state index in [-0.39, 0.29) is 0 Å². The summed E-state index contributed by atoms with van der Waals surface area (Å²) in [7, 11) is 0. The monoisotopic (exact) mass is 329 g/mol. The molecule has 0 aliphatic carbocycles. The number of nitrogen functional groups attached to an aromatic ring is 1. The van der Waals surface area contributed by atoms with Crippen molar-refractivity contribution in [1.29, 1.82) is 0 Å². The van der Waals surface area contributed by atoms with Crippen molar-refractivity contribution in [2.24, 2.45) is 0 Å². The lowest BCUT2D eigenvalue weighted by Crippen LogP contribution is -2.40. The van der Waals surface area contributed by atoms with Gasteiger partial charge in [0.1, 0.15) is 0 Å². The van der Waals surface area contributed by atoms with E-state index in [1.54, 1.807) is 6.92 Å². The summed E-state index contributed by atoms with van der Waals surface area (Å²) in [6, 6.07) is 0. The van der Waals surface area contributed by atoms with Crippen LogP contribution in [-0.2, 0) is 23.8 Å². The first-order chi connectivity index (χ1) is 10.7. The summed E-state index contributed by atoms with van der Waals surface area (Å²) in [5.41, 5.74) is 4.34. The van der Waals surface area contributed by atoms with E-state index in [9.17, 15) is 18.8 Å². The molecule has 0 spiro atoms. The van der Waals surface area contributed by atoms with E-state index >= 15 is 0 Å². The molecule has 9 nitrogen and oxygen atoms in total. The molecule has 1 aliphatic heterocycles. The van der Waals surface area contributed by atoms with E-state index in [1.807, 2.05) is 0 Å². The van der Waals surface area contributed by atoms with E-state index in [2.05, 4.69) is 4.98 Å². The molecular formula is C13H16FN3O6. The lowest BCUT2D eigenvalue weighted by Gasteiger charge is -2.23. The van der Waals surface area contributed by atoms with Crippen LogP contribution in [0.4, 0.5) is 10.2 Å². The molecule has 1 aromatic heterocycles. The Hall–Kier alpha value is -2.49. The van der Waals surface area contributed by atoms with E-state index in [0.717, 1.165) is 17.7 Å². The van der Waals surface area contributed by atoms with Gasteiger partial charge in [-0.3, -0.25) is 14.2 Å². The van der Waals surface area contributed by atoms with Gasteiger partial charge in [0.2, 0.25) is 0 Å². The average molecular weight is 329 g/mol. The third-order valence-corrected chi connectivity index (χ3v) is 3.23. The highest BCUT2D eigenvalue weighted by Gasteiger charge is 2.48. The van der Waals surface area contributed by atoms with Gasteiger partial charge >= 0.3 is 17.6 Å². The zero-order valence-corrected chi connectivity index (χ0v) is 12.7. The number of anilines is 1. The molecule has 2 N–H and O–H groups in total. The van der Waals surface area contributed by atoms with Crippen molar-refractivity contribution in [1.82, 2.24) is 9.55 Å².